The Morgan fingerprint density at radius 2 is 1.80 bits per heavy atom. The topological polar surface area (TPSA) is 40.5 Å². The lowest BCUT2D eigenvalue weighted by Crippen LogP contribution is -2.28. The third-order valence-electron chi connectivity index (χ3n) is 3.54. The zero-order valence-electron chi connectivity index (χ0n) is 9.91. The maximum atomic E-state index is 10.6. The van der Waals surface area contributed by atoms with E-state index in [2.05, 4.69) is 18.9 Å². The smallest absolute Gasteiger partial charge is 0.303 e. The molecule has 0 unspecified atom stereocenters. The van der Waals surface area contributed by atoms with E-state index in [9.17, 15) is 4.79 Å². The third-order valence-corrected chi connectivity index (χ3v) is 3.54. The minimum atomic E-state index is -0.635. The second-order valence-electron chi connectivity index (χ2n) is 4.84. The molecule has 1 saturated carbocycles. The molecule has 0 radical (unpaired) electrons. The Labute approximate surface area is 92.5 Å². The molecule has 15 heavy (non-hydrogen) atoms. The summed E-state index contributed by atoms with van der Waals surface area (Å²) >= 11 is 0. The SMILES string of the molecule is CCN(C)CC1CCC(CC(=O)O)CC1. The van der Waals surface area contributed by atoms with Crippen LogP contribution in [0.2, 0.25) is 0 Å². The monoisotopic (exact) mass is 213 g/mol. The van der Waals surface area contributed by atoms with E-state index in [-0.39, 0.29) is 0 Å². The van der Waals surface area contributed by atoms with Crippen LogP contribution in [-0.4, -0.2) is 36.1 Å². The fourth-order valence-corrected chi connectivity index (χ4v) is 2.44. The summed E-state index contributed by atoms with van der Waals surface area (Å²) in [6.07, 6.45) is 5.00. The standard InChI is InChI=1S/C12H23NO2/c1-3-13(2)9-11-6-4-10(5-7-11)8-12(14)15/h10-11H,3-9H2,1-2H3,(H,14,15). The van der Waals surface area contributed by atoms with Crippen LogP contribution in [0.25, 0.3) is 0 Å². The van der Waals surface area contributed by atoms with Gasteiger partial charge >= 0.3 is 5.97 Å². The molecule has 3 heteroatoms. The van der Waals surface area contributed by atoms with Crippen LogP contribution in [0.15, 0.2) is 0 Å². The van der Waals surface area contributed by atoms with E-state index in [0.29, 0.717) is 12.3 Å². The summed E-state index contributed by atoms with van der Waals surface area (Å²) < 4.78 is 0. The molecule has 0 aromatic heterocycles. The Morgan fingerprint density at radius 3 is 2.27 bits per heavy atom. The highest BCUT2D eigenvalue weighted by Crippen LogP contribution is 2.30. The minimum Gasteiger partial charge on any atom is -0.481 e. The van der Waals surface area contributed by atoms with Crippen LogP contribution in [-0.2, 0) is 4.79 Å². The quantitative estimate of drug-likeness (QED) is 0.761. The van der Waals surface area contributed by atoms with Gasteiger partial charge in [0, 0.05) is 13.0 Å². The van der Waals surface area contributed by atoms with E-state index in [1.54, 1.807) is 0 Å². The Morgan fingerprint density at radius 1 is 1.27 bits per heavy atom. The maximum absolute atomic E-state index is 10.6. The van der Waals surface area contributed by atoms with Gasteiger partial charge in [-0.25, -0.2) is 0 Å². The lowest BCUT2D eigenvalue weighted by atomic mass is 9.80. The van der Waals surface area contributed by atoms with Gasteiger partial charge in [-0.15, -0.1) is 0 Å². The van der Waals surface area contributed by atoms with Crippen LogP contribution in [0.1, 0.15) is 39.0 Å². The van der Waals surface area contributed by atoms with Gasteiger partial charge < -0.3 is 10.0 Å². The molecule has 0 spiro atoms. The number of carboxylic acid groups (broad SMARTS) is 1. The summed E-state index contributed by atoms with van der Waals surface area (Å²) in [5.41, 5.74) is 0. The van der Waals surface area contributed by atoms with Crippen molar-refractivity contribution in [3.63, 3.8) is 0 Å². The van der Waals surface area contributed by atoms with E-state index in [4.69, 9.17) is 5.11 Å². The van der Waals surface area contributed by atoms with Crippen molar-refractivity contribution in [2.45, 2.75) is 39.0 Å². The van der Waals surface area contributed by atoms with Gasteiger partial charge in [-0.3, -0.25) is 4.79 Å². The highest BCUT2D eigenvalue weighted by Gasteiger charge is 2.23. The van der Waals surface area contributed by atoms with Crippen LogP contribution in [0.3, 0.4) is 0 Å². The van der Waals surface area contributed by atoms with Crippen molar-refractivity contribution in [3.05, 3.63) is 0 Å². The van der Waals surface area contributed by atoms with Gasteiger partial charge in [0.25, 0.3) is 0 Å². The lowest BCUT2D eigenvalue weighted by Gasteiger charge is -2.30. The fourth-order valence-electron chi connectivity index (χ4n) is 2.44. The van der Waals surface area contributed by atoms with Crippen LogP contribution in [0, 0.1) is 11.8 Å². The number of carbonyl (C=O) groups is 1. The molecule has 1 aliphatic carbocycles. The van der Waals surface area contributed by atoms with Crippen molar-refractivity contribution in [2.75, 3.05) is 20.1 Å². The normalized spacial score (nSPS) is 26.9. The second-order valence-corrected chi connectivity index (χ2v) is 4.84. The fraction of sp³-hybridized carbons (Fsp3) is 0.917. The summed E-state index contributed by atoms with van der Waals surface area (Å²) in [6, 6.07) is 0. The Kier molecular flexibility index (Phi) is 5.09. The van der Waals surface area contributed by atoms with Gasteiger partial charge in [0.05, 0.1) is 0 Å². The van der Waals surface area contributed by atoms with E-state index in [0.717, 1.165) is 25.3 Å². The van der Waals surface area contributed by atoms with E-state index < -0.39 is 5.97 Å². The number of aliphatic carboxylic acids is 1. The zero-order valence-corrected chi connectivity index (χ0v) is 9.91. The molecule has 0 aromatic carbocycles. The van der Waals surface area contributed by atoms with Gasteiger partial charge in [0.15, 0.2) is 0 Å². The molecule has 1 N–H and O–H groups in total. The third kappa shape index (κ3) is 4.65. The number of carboxylic acids is 1. The Balaban J connectivity index is 2.20. The molecule has 0 aromatic rings. The second kappa shape index (κ2) is 6.11. The van der Waals surface area contributed by atoms with Crippen LogP contribution >= 0.6 is 0 Å². The molecule has 1 rings (SSSR count). The molecule has 0 bridgehead atoms. The maximum Gasteiger partial charge on any atom is 0.303 e. The highest BCUT2D eigenvalue weighted by molar-refractivity contribution is 5.67. The van der Waals surface area contributed by atoms with Gasteiger partial charge in [0.1, 0.15) is 0 Å². The van der Waals surface area contributed by atoms with E-state index in [1.165, 1.54) is 19.4 Å². The number of hydrogen-bond donors (Lipinski definition) is 1. The first-order valence-electron chi connectivity index (χ1n) is 6.02. The predicted molar refractivity (Wildman–Crippen MR) is 60.9 cm³/mol. The molecule has 0 amide bonds. The molecular weight excluding hydrogens is 190 g/mol. The van der Waals surface area contributed by atoms with E-state index in [1.807, 2.05) is 0 Å². The van der Waals surface area contributed by atoms with Crippen molar-refractivity contribution in [1.29, 1.82) is 0 Å². The molecule has 1 fully saturated rings. The first-order chi connectivity index (χ1) is 7.11. The summed E-state index contributed by atoms with van der Waals surface area (Å²) in [6.45, 7) is 4.46. The average Bonchev–Trinajstić information content (AvgIpc) is 2.20. The van der Waals surface area contributed by atoms with Crippen molar-refractivity contribution in [3.8, 4) is 0 Å². The Hall–Kier alpha value is -0.570. The van der Waals surface area contributed by atoms with E-state index >= 15 is 0 Å². The van der Waals surface area contributed by atoms with Crippen LogP contribution in [0.5, 0.6) is 0 Å². The number of rotatable bonds is 5. The zero-order chi connectivity index (χ0) is 11.3. The first-order valence-corrected chi connectivity index (χ1v) is 6.02. The summed E-state index contributed by atoms with van der Waals surface area (Å²) in [5, 5.41) is 8.71. The number of hydrogen-bond acceptors (Lipinski definition) is 2. The molecule has 1 aliphatic rings. The van der Waals surface area contributed by atoms with Crippen LogP contribution in [0.4, 0.5) is 0 Å². The van der Waals surface area contributed by atoms with Gasteiger partial charge in [0.2, 0.25) is 0 Å². The van der Waals surface area contributed by atoms with Crippen molar-refractivity contribution < 1.29 is 9.90 Å². The number of nitrogens with zero attached hydrogens (tertiary/aromatic N) is 1. The van der Waals surface area contributed by atoms with Crippen molar-refractivity contribution in [2.24, 2.45) is 11.8 Å². The molecule has 0 saturated heterocycles. The predicted octanol–water partition coefficient (Wildman–Crippen LogP) is 2.22. The molecule has 0 atom stereocenters. The largest absolute Gasteiger partial charge is 0.481 e. The summed E-state index contributed by atoms with van der Waals surface area (Å²) in [5.74, 6) is 0.592. The van der Waals surface area contributed by atoms with Crippen LogP contribution < -0.4 is 0 Å². The molecule has 88 valence electrons. The van der Waals surface area contributed by atoms with Crippen molar-refractivity contribution in [1.82, 2.24) is 4.90 Å². The molecule has 0 aliphatic heterocycles. The minimum absolute atomic E-state index is 0.371. The summed E-state index contributed by atoms with van der Waals surface area (Å²) in [7, 11) is 2.16. The molecular formula is C12H23NO2. The molecule has 0 heterocycles. The first kappa shape index (κ1) is 12.5. The van der Waals surface area contributed by atoms with Gasteiger partial charge in [-0.1, -0.05) is 6.92 Å². The van der Waals surface area contributed by atoms with Crippen molar-refractivity contribution >= 4 is 5.97 Å². The Bertz CT molecular complexity index is 198. The lowest BCUT2D eigenvalue weighted by molar-refractivity contribution is -0.138. The highest BCUT2D eigenvalue weighted by atomic mass is 16.4. The van der Waals surface area contributed by atoms with Gasteiger partial charge in [-0.05, 0) is 51.1 Å². The van der Waals surface area contributed by atoms with Gasteiger partial charge in [-0.2, -0.15) is 0 Å². The summed E-state index contributed by atoms with van der Waals surface area (Å²) in [4.78, 5) is 12.9. The molecule has 3 nitrogen and oxygen atoms in total. The average molecular weight is 213 g/mol.